The number of hydrogen-bond acceptors (Lipinski definition) is 3. The van der Waals surface area contributed by atoms with E-state index in [9.17, 15) is 4.79 Å². The molecule has 4 heteroatoms. The number of hydrazone groups is 1. The van der Waals surface area contributed by atoms with Gasteiger partial charge in [-0.15, -0.1) is 0 Å². The number of ether oxygens (including phenoxy) is 1. The molecule has 1 aromatic carbocycles. The monoisotopic (exact) mass is 178 g/mol. The predicted molar refractivity (Wildman–Crippen MR) is 49.3 cm³/mol. The van der Waals surface area contributed by atoms with Gasteiger partial charge in [0.1, 0.15) is 6.61 Å². The second-order valence-corrected chi connectivity index (χ2v) is 2.33. The van der Waals surface area contributed by atoms with Gasteiger partial charge < -0.3 is 4.74 Å². The van der Waals surface area contributed by atoms with Crippen molar-refractivity contribution in [2.24, 2.45) is 5.10 Å². The lowest BCUT2D eigenvalue weighted by atomic mass is 10.2. The molecule has 13 heavy (non-hydrogen) atoms. The van der Waals surface area contributed by atoms with Gasteiger partial charge in [-0.05, 0) is 5.56 Å². The summed E-state index contributed by atoms with van der Waals surface area (Å²) in [6.45, 7) is 3.33. The van der Waals surface area contributed by atoms with Gasteiger partial charge >= 0.3 is 6.09 Å². The summed E-state index contributed by atoms with van der Waals surface area (Å²) in [6, 6.07) is 9.39. The molecule has 0 fully saturated rings. The molecule has 0 bridgehead atoms. The maximum absolute atomic E-state index is 10.7. The topological polar surface area (TPSA) is 50.7 Å². The molecule has 1 rings (SSSR count). The van der Waals surface area contributed by atoms with E-state index in [1.165, 1.54) is 0 Å². The van der Waals surface area contributed by atoms with Crippen molar-refractivity contribution < 1.29 is 9.53 Å². The Morgan fingerprint density at radius 2 is 2.15 bits per heavy atom. The largest absolute Gasteiger partial charge is 0.443 e. The van der Waals surface area contributed by atoms with Gasteiger partial charge in [-0.2, -0.15) is 5.10 Å². The van der Waals surface area contributed by atoms with E-state index in [2.05, 4.69) is 17.2 Å². The Kier molecular flexibility index (Phi) is 3.50. The highest BCUT2D eigenvalue weighted by molar-refractivity contribution is 5.67. The van der Waals surface area contributed by atoms with Gasteiger partial charge in [-0.3, -0.25) is 0 Å². The summed E-state index contributed by atoms with van der Waals surface area (Å²) in [5.41, 5.74) is 3.00. The first kappa shape index (κ1) is 9.25. The third kappa shape index (κ3) is 3.37. The van der Waals surface area contributed by atoms with Crippen LogP contribution in [0.25, 0.3) is 0 Å². The number of hydrogen-bond donors (Lipinski definition) is 1. The fourth-order valence-corrected chi connectivity index (χ4v) is 0.820. The molecule has 1 amide bonds. The first-order valence-electron chi connectivity index (χ1n) is 3.75. The first-order chi connectivity index (χ1) is 6.33. The summed E-state index contributed by atoms with van der Waals surface area (Å²) < 4.78 is 4.78. The van der Waals surface area contributed by atoms with E-state index in [4.69, 9.17) is 4.74 Å². The molecule has 0 saturated carbocycles. The average molecular weight is 178 g/mol. The number of nitrogens with one attached hydrogen (secondary N) is 1. The quantitative estimate of drug-likeness (QED) is 0.563. The van der Waals surface area contributed by atoms with Crippen LogP contribution in [0, 0.1) is 0 Å². The first-order valence-corrected chi connectivity index (χ1v) is 3.75. The zero-order valence-electron chi connectivity index (χ0n) is 7.06. The van der Waals surface area contributed by atoms with Crippen molar-refractivity contribution in [3.8, 4) is 0 Å². The number of nitrogens with zero attached hydrogens (tertiary/aromatic N) is 1. The normalized spacial score (nSPS) is 8.92. The Bertz CT molecular complexity index is 285. The fourth-order valence-electron chi connectivity index (χ4n) is 0.820. The molecule has 0 heterocycles. The van der Waals surface area contributed by atoms with Gasteiger partial charge in [0.25, 0.3) is 0 Å². The number of amides is 1. The highest BCUT2D eigenvalue weighted by atomic mass is 16.5. The van der Waals surface area contributed by atoms with Crippen LogP contribution < -0.4 is 5.43 Å². The van der Waals surface area contributed by atoms with Crippen LogP contribution in [0.3, 0.4) is 0 Å². The van der Waals surface area contributed by atoms with E-state index in [1.807, 2.05) is 30.3 Å². The van der Waals surface area contributed by atoms with Gasteiger partial charge in [0, 0.05) is 6.72 Å². The molecule has 0 aliphatic carbocycles. The third-order valence-corrected chi connectivity index (χ3v) is 1.38. The minimum Gasteiger partial charge on any atom is -0.443 e. The average Bonchev–Trinajstić information content (AvgIpc) is 2.17. The smallest absolute Gasteiger partial charge is 0.428 e. The van der Waals surface area contributed by atoms with Crippen LogP contribution in [0.5, 0.6) is 0 Å². The standard InChI is InChI=1S/C9H10N2O2/c1-10-11-9(12)13-7-8-5-3-2-4-6-8/h2-6H,1,7H2,(H,11,12). The molecule has 0 aromatic heterocycles. The minimum atomic E-state index is -0.598. The van der Waals surface area contributed by atoms with Crippen LogP contribution in [-0.4, -0.2) is 12.8 Å². The molecule has 0 unspecified atom stereocenters. The maximum atomic E-state index is 10.7. The number of benzene rings is 1. The van der Waals surface area contributed by atoms with E-state index >= 15 is 0 Å². The van der Waals surface area contributed by atoms with E-state index in [0.717, 1.165) is 5.56 Å². The molecule has 4 nitrogen and oxygen atoms in total. The molecule has 0 aliphatic heterocycles. The summed E-state index contributed by atoms with van der Waals surface area (Å²) in [6.07, 6.45) is -0.598. The molecular formula is C9H10N2O2. The summed E-state index contributed by atoms with van der Waals surface area (Å²) in [5, 5.41) is 3.17. The molecule has 0 atom stereocenters. The van der Waals surface area contributed by atoms with Gasteiger partial charge in [0.15, 0.2) is 0 Å². The second-order valence-electron chi connectivity index (χ2n) is 2.33. The van der Waals surface area contributed by atoms with Crippen LogP contribution in [0.2, 0.25) is 0 Å². The van der Waals surface area contributed by atoms with Crippen LogP contribution >= 0.6 is 0 Å². The zero-order valence-corrected chi connectivity index (χ0v) is 7.06. The predicted octanol–water partition coefficient (Wildman–Crippen LogP) is 1.53. The second kappa shape index (κ2) is 4.92. The molecule has 0 saturated heterocycles. The van der Waals surface area contributed by atoms with Crippen molar-refractivity contribution >= 4 is 12.8 Å². The van der Waals surface area contributed by atoms with Crippen molar-refractivity contribution in [1.82, 2.24) is 5.43 Å². The Hall–Kier alpha value is -1.84. The third-order valence-electron chi connectivity index (χ3n) is 1.38. The van der Waals surface area contributed by atoms with Crippen molar-refractivity contribution in [2.45, 2.75) is 6.61 Å². The summed E-state index contributed by atoms with van der Waals surface area (Å²) in [5.74, 6) is 0. The Labute approximate surface area is 76.2 Å². The maximum Gasteiger partial charge on any atom is 0.428 e. The van der Waals surface area contributed by atoms with Crippen LogP contribution in [-0.2, 0) is 11.3 Å². The Morgan fingerprint density at radius 3 is 2.77 bits per heavy atom. The van der Waals surface area contributed by atoms with E-state index in [-0.39, 0.29) is 6.61 Å². The molecule has 0 spiro atoms. The van der Waals surface area contributed by atoms with Crippen molar-refractivity contribution in [1.29, 1.82) is 0 Å². The number of carbonyl (C=O) groups excluding carboxylic acids is 1. The summed E-state index contributed by atoms with van der Waals surface area (Å²) in [4.78, 5) is 10.7. The lowest BCUT2D eigenvalue weighted by Gasteiger charge is -2.02. The minimum absolute atomic E-state index is 0.238. The molecule has 1 aromatic rings. The van der Waals surface area contributed by atoms with Crippen molar-refractivity contribution in [3.05, 3.63) is 35.9 Å². The lowest BCUT2D eigenvalue weighted by Crippen LogP contribution is -2.17. The Morgan fingerprint density at radius 1 is 1.46 bits per heavy atom. The number of rotatable bonds is 3. The van der Waals surface area contributed by atoms with E-state index in [0.29, 0.717) is 0 Å². The summed E-state index contributed by atoms with van der Waals surface area (Å²) in [7, 11) is 0. The van der Waals surface area contributed by atoms with Gasteiger partial charge in [-0.25, -0.2) is 10.2 Å². The molecular weight excluding hydrogens is 168 g/mol. The number of carbonyl (C=O) groups is 1. The molecule has 1 N–H and O–H groups in total. The molecule has 68 valence electrons. The lowest BCUT2D eigenvalue weighted by molar-refractivity contribution is 0.140. The van der Waals surface area contributed by atoms with E-state index < -0.39 is 6.09 Å². The molecule has 0 aliphatic rings. The van der Waals surface area contributed by atoms with Gasteiger partial charge in [0.2, 0.25) is 0 Å². The van der Waals surface area contributed by atoms with Crippen molar-refractivity contribution in [3.63, 3.8) is 0 Å². The molecule has 0 radical (unpaired) electrons. The zero-order chi connectivity index (χ0) is 9.52. The fraction of sp³-hybridized carbons (Fsp3) is 0.111. The highest BCUT2D eigenvalue weighted by Crippen LogP contribution is 1.99. The summed E-state index contributed by atoms with van der Waals surface area (Å²) >= 11 is 0. The van der Waals surface area contributed by atoms with E-state index in [1.54, 1.807) is 0 Å². The van der Waals surface area contributed by atoms with Crippen LogP contribution in [0.4, 0.5) is 4.79 Å². The van der Waals surface area contributed by atoms with Gasteiger partial charge in [-0.1, -0.05) is 30.3 Å². The van der Waals surface area contributed by atoms with Crippen LogP contribution in [0.1, 0.15) is 5.56 Å². The Balaban J connectivity index is 2.35. The highest BCUT2D eigenvalue weighted by Gasteiger charge is 1.98. The van der Waals surface area contributed by atoms with Gasteiger partial charge in [0.05, 0.1) is 0 Å². The van der Waals surface area contributed by atoms with Crippen molar-refractivity contribution in [2.75, 3.05) is 0 Å². The SMILES string of the molecule is C=NNC(=O)OCc1ccccc1. The van der Waals surface area contributed by atoms with Crippen LogP contribution in [0.15, 0.2) is 35.4 Å².